The quantitative estimate of drug-likeness (QED) is 0.709. The van der Waals surface area contributed by atoms with Gasteiger partial charge in [0.05, 0.1) is 23.2 Å². The van der Waals surface area contributed by atoms with Crippen molar-refractivity contribution in [2.24, 2.45) is 10.8 Å². The van der Waals surface area contributed by atoms with E-state index in [0.29, 0.717) is 17.7 Å². The van der Waals surface area contributed by atoms with Crippen LogP contribution in [-0.4, -0.2) is 18.7 Å². The molecule has 4 N–H and O–H groups in total. The lowest BCUT2D eigenvalue weighted by molar-refractivity contribution is -0.116. The number of nitrogens with one attached hydrogen (secondary N) is 2. The molecular formula is C13H15FN4O. The van der Waals surface area contributed by atoms with Crippen LogP contribution in [0.5, 0.6) is 0 Å². The Kier molecular flexibility index (Phi) is 3.79. The van der Waals surface area contributed by atoms with Crippen LogP contribution in [0.3, 0.4) is 0 Å². The lowest BCUT2D eigenvalue weighted by atomic mass is 10.1. The molecule has 100 valence electrons. The van der Waals surface area contributed by atoms with Crippen molar-refractivity contribution in [1.82, 2.24) is 10.7 Å². The Labute approximate surface area is 110 Å². The number of nitrogens with zero attached hydrogens (tertiary/aromatic N) is 1. The summed E-state index contributed by atoms with van der Waals surface area (Å²) in [5.74, 6) is -0.680. The summed E-state index contributed by atoms with van der Waals surface area (Å²) in [6.07, 6.45) is 6.09. The van der Waals surface area contributed by atoms with Crippen molar-refractivity contribution in [2.45, 2.75) is 12.8 Å². The normalized spacial score (nSPS) is 18.7. The summed E-state index contributed by atoms with van der Waals surface area (Å²) >= 11 is 0. The van der Waals surface area contributed by atoms with Gasteiger partial charge in [0.15, 0.2) is 0 Å². The fourth-order valence-corrected chi connectivity index (χ4v) is 1.77. The van der Waals surface area contributed by atoms with Crippen LogP contribution in [0.4, 0.5) is 4.39 Å². The molecule has 1 amide bonds. The van der Waals surface area contributed by atoms with E-state index in [1.54, 1.807) is 6.08 Å². The summed E-state index contributed by atoms with van der Waals surface area (Å²) in [5.41, 5.74) is 9.61. The van der Waals surface area contributed by atoms with Crippen LogP contribution >= 0.6 is 0 Å². The van der Waals surface area contributed by atoms with Crippen LogP contribution in [0, 0.1) is 0 Å². The summed E-state index contributed by atoms with van der Waals surface area (Å²) in [4.78, 5) is 11.9. The van der Waals surface area contributed by atoms with Gasteiger partial charge in [-0.1, -0.05) is 12.7 Å². The number of halogens is 1. The molecular weight excluding hydrogens is 247 g/mol. The lowest BCUT2D eigenvalue weighted by Gasteiger charge is -2.15. The molecule has 2 aliphatic rings. The van der Waals surface area contributed by atoms with Gasteiger partial charge in [0, 0.05) is 12.1 Å². The van der Waals surface area contributed by atoms with Gasteiger partial charge in [0.1, 0.15) is 5.83 Å². The zero-order chi connectivity index (χ0) is 13.8. The summed E-state index contributed by atoms with van der Waals surface area (Å²) < 4.78 is 13.4. The third-order valence-electron chi connectivity index (χ3n) is 2.88. The molecule has 0 saturated carbocycles. The molecule has 0 saturated heterocycles. The number of hydrogen-bond donors (Lipinski definition) is 3. The minimum absolute atomic E-state index is 0.131. The fraction of sp³-hybridized carbons (Fsp3) is 0.231. The molecule has 0 spiro atoms. The predicted octanol–water partition coefficient (Wildman–Crippen LogP) is 0.992. The monoisotopic (exact) mass is 262 g/mol. The smallest absolute Gasteiger partial charge is 0.255 e. The topological polar surface area (TPSA) is 79.5 Å². The van der Waals surface area contributed by atoms with Gasteiger partial charge in [-0.05, 0) is 18.9 Å². The van der Waals surface area contributed by atoms with Gasteiger partial charge >= 0.3 is 0 Å². The number of hydrazone groups is 1. The zero-order valence-electron chi connectivity index (χ0n) is 10.4. The van der Waals surface area contributed by atoms with Crippen LogP contribution in [0.1, 0.15) is 12.8 Å². The highest BCUT2D eigenvalue weighted by Gasteiger charge is 2.17. The first kappa shape index (κ1) is 13.1. The first-order chi connectivity index (χ1) is 9.09. The van der Waals surface area contributed by atoms with E-state index in [1.165, 1.54) is 12.3 Å². The van der Waals surface area contributed by atoms with Gasteiger partial charge in [-0.2, -0.15) is 5.10 Å². The van der Waals surface area contributed by atoms with E-state index in [9.17, 15) is 9.18 Å². The summed E-state index contributed by atoms with van der Waals surface area (Å²) in [6.45, 7) is 3.75. The summed E-state index contributed by atoms with van der Waals surface area (Å²) in [7, 11) is 0. The largest absolute Gasteiger partial charge is 0.396 e. The first-order valence-corrected chi connectivity index (χ1v) is 5.91. The van der Waals surface area contributed by atoms with Crippen molar-refractivity contribution < 1.29 is 9.18 Å². The van der Waals surface area contributed by atoms with Crippen molar-refractivity contribution in [1.29, 1.82) is 0 Å². The van der Waals surface area contributed by atoms with E-state index in [1.807, 2.05) is 0 Å². The second-order valence-electron chi connectivity index (χ2n) is 4.22. The van der Waals surface area contributed by atoms with Crippen LogP contribution in [0.2, 0.25) is 0 Å². The molecule has 0 atom stereocenters. The van der Waals surface area contributed by atoms with E-state index >= 15 is 0 Å². The Morgan fingerprint density at radius 2 is 2.26 bits per heavy atom. The van der Waals surface area contributed by atoms with Crippen molar-refractivity contribution in [3.8, 4) is 0 Å². The molecule has 0 aromatic heterocycles. The van der Waals surface area contributed by atoms with Gasteiger partial charge in [0.2, 0.25) is 0 Å². The highest BCUT2D eigenvalue weighted by molar-refractivity contribution is 6.13. The Balaban J connectivity index is 2.01. The number of carbonyl (C=O) groups excluding carboxylic acids is 1. The molecule has 6 heteroatoms. The molecule has 1 aliphatic carbocycles. The van der Waals surface area contributed by atoms with E-state index in [-0.39, 0.29) is 23.6 Å². The summed E-state index contributed by atoms with van der Waals surface area (Å²) in [5, 5.41) is 6.36. The van der Waals surface area contributed by atoms with Gasteiger partial charge in [-0.15, -0.1) is 0 Å². The molecule has 0 radical (unpaired) electrons. The van der Waals surface area contributed by atoms with Gasteiger partial charge < -0.3 is 11.1 Å². The second-order valence-corrected chi connectivity index (χ2v) is 4.22. The minimum Gasteiger partial charge on any atom is -0.396 e. The van der Waals surface area contributed by atoms with Gasteiger partial charge in [0.25, 0.3) is 5.91 Å². The molecule has 1 heterocycles. The van der Waals surface area contributed by atoms with E-state index < -0.39 is 5.91 Å². The van der Waals surface area contributed by atoms with Gasteiger partial charge in [-0.25, -0.2) is 4.39 Å². The summed E-state index contributed by atoms with van der Waals surface area (Å²) in [6, 6.07) is 0. The molecule has 0 bridgehead atoms. The Bertz CT molecular complexity index is 543. The average Bonchev–Trinajstić information content (AvgIpc) is 2.40. The van der Waals surface area contributed by atoms with Crippen LogP contribution in [0.15, 0.2) is 52.2 Å². The van der Waals surface area contributed by atoms with E-state index in [2.05, 4.69) is 22.4 Å². The third-order valence-corrected chi connectivity index (χ3v) is 2.88. The highest BCUT2D eigenvalue weighted by atomic mass is 19.1. The minimum atomic E-state index is -0.400. The maximum atomic E-state index is 13.4. The van der Waals surface area contributed by atoms with Crippen molar-refractivity contribution in [3.63, 3.8) is 0 Å². The molecule has 19 heavy (non-hydrogen) atoms. The number of nitrogens with two attached hydrogens (primary N) is 1. The van der Waals surface area contributed by atoms with E-state index in [0.717, 1.165) is 6.42 Å². The highest BCUT2D eigenvalue weighted by Crippen LogP contribution is 2.19. The molecule has 5 nitrogen and oxygen atoms in total. The predicted molar refractivity (Wildman–Crippen MR) is 71.5 cm³/mol. The van der Waals surface area contributed by atoms with Crippen molar-refractivity contribution in [3.05, 3.63) is 47.1 Å². The van der Waals surface area contributed by atoms with Crippen LogP contribution in [-0.2, 0) is 4.79 Å². The average molecular weight is 262 g/mol. The second kappa shape index (κ2) is 5.51. The Morgan fingerprint density at radius 3 is 3.00 bits per heavy atom. The maximum absolute atomic E-state index is 13.4. The van der Waals surface area contributed by atoms with E-state index in [4.69, 9.17) is 5.73 Å². The number of hydrogen-bond acceptors (Lipinski definition) is 4. The molecule has 2 rings (SSSR count). The number of carbonyl (C=O) groups is 1. The molecule has 0 aromatic carbocycles. The SMILES string of the molecule is C=C1NN=CC(C(=O)NCC2=CCCC=C2F)=C1N. The van der Waals surface area contributed by atoms with Crippen molar-refractivity contribution in [2.75, 3.05) is 6.54 Å². The first-order valence-electron chi connectivity index (χ1n) is 5.91. The molecule has 0 aromatic rings. The van der Waals surface area contributed by atoms with Crippen LogP contribution < -0.4 is 16.5 Å². The third kappa shape index (κ3) is 2.90. The fourth-order valence-electron chi connectivity index (χ4n) is 1.77. The zero-order valence-corrected chi connectivity index (χ0v) is 10.4. The van der Waals surface area contributed by atoms with Crippen LogP contribution in [0.25, 0.3) is 0 Å². The Morgan fingerprint density at radius 1 is 1.53 bits per heavy atom. The van der Waals surface area contributed by atoms with Crippen molar-refractivity contribution >= 4 is 12.1 Å². The molecule has 1 aliphatic heterocycles. The number of amides is 1. The molecule has 0 unspecified atom stereocenters. The maximum Gasteiger partial charge on any atom is 0.255 e. The number of rotatable bonds is 3. The lowest BCUT2D eigenvalue weighted by Crippen LogP contribution is -2.33. The molecule has 0 fully saturated rings. The van der Waals surface area contributed by atoms with Gasteiger partial charge in [-0.3, -0.25) is 10.2 Å². The standard InChI is InChI=1S/C13H15FN4O/c1-8-12(15)10(7-17-18-8)13(19)16-6-9-4-2-3-5-11(9)14/h4-5,7,18H,1-3,6,15H2,(H,16,19). The number of allylic oxidation sites excluding steroid dienone is 2. The Hall–Kier alpha value is -2.37.